The predicted octanol–water partition coefficient (Wildman–Crippen LogP) is 9.10. The number of hydrogen-bond donors (Lipinski definition) is 3. The van der Waals surface area contributed by atoms with Crippen LogP contribution in [0.2, 0.25) is 0 Å². The number of nitrogens with zero attached hydrogens (tertiary/aromatic N) is 4. The average molecular weight is 672 g/mol. The Kier molecular flexibility index (Phi) is 8.94. The summed E-state index contributed by atoms with van der Waals surface area (Å²) in [6.07, 6.45) is 4.77. The molecule has 2 aliphatic heterocycles. The molecule has 2 saturated heterocycles. The number of piperidine rings is 1. The number of fused-ring (bicyclic) bond motifs is 2. The van der Waals surface area contributed by atoms with E-state index in [-0.39, 0.29) is 29.6 Å². The van der Waals surface area contributed by atoms with Gasteiger partial charge in [0.15, 0.2) is 5.76 Å². The van der Waals surface area contributed by atoms with E-state index in [1.165, 1.54) is 0 Å². The normalized spacial score (nSPS) is 18.6. The summed E-state index contributed by atoms with van der Waals surface area (Å²) in [6, 6.07) is 27.8. The maximum absolute atomic E-state index is 13.7. The minimum Gasteiger partial charge on any atom is -0.359 e. The highest BCUT2D eigenvalue weighted by Gasteiger charge is 2.43. The highest BCUT2D eigenvalue weighted by atomic mass is 16.5. The summed E-state index contributed by atoms with van der Waals surface area (Å²) in [5.74, 6) is 1.64. The van der Waals surface area contributed by atoms with Crippen LogP contribution in [0.4, 0.5) is 26.8 Å². The van der Waals surface area contributed by atoms with Crippen LogP contribution in [0, 0.1) is 19.8 Å². The highest BCUT2D eigenvalue weighted by molar-refractivity contribution is 5.99. The number of benzene rings is 3. The van der Waals surface area contributed by atoms with Gasteiger partial charge in [-0.2, -0.15) is 5.10 Å². The lowest BCUT2D eigenvalue weighted by atomic mass is 9.86. The number of nitrogens with one attached hydrogen (secondary N) is 3. The molecule has 2 aliphatic rings. The van der Waals surface area contributed by atoms with Gasteiger partial charge >= 0.3 is 12.1 Å². The Morgan fingerprint density at radius 1 is 0.860 bits per heavy atom. The van der Waals surface area contributed by atoms with Crippen molar-refractivity contribution in [3.63, 3.8) is 0 Å². The summed E-state index contributed by atoms with van der Waals surface area (Å²) in [7, 11) is 0. The van der Waals surface area contributed by atoms with Crippen LogP contribution < -0.4 is 16.0 Å². The molecule has 2 unspecified atom stereocenters. The van der Waals surface area contributed by atoms with Crippen LogP contribution >= 0.6 is 0 Å². The maximum Gasteiger partial charge on any atom is 0.324 e. The molecule has 7 rings (SSSR count). The molecule has 3 aromatic carbocycles. The third kappa shape index (κ3) is 7.01. The van der Waals surface area contributed by atoms with E-state index in [2.05, 4.69) is 54.0 Å². The van der Waals surface area contributed by atoms with Gasteiger partial charge in [-0.1, -0.05) is 86.1 Å². The largest absolute Gasteiger partial charge is 0.359 e. The first-order valence-electron chi connectivity index (χ1n) is 17.5. The van der Waals surface area contributed by atoms with E-state index in [4.69, 9.17) is 9.62 Å². The van der Waals surface area contributed by atoms with Crippen molar-refractivity contribution in [3.05, 3.63) is 108 Å². The third-order valence-corrected chi connectivity index (χ3v) is 9.91. The molecule has 2 bridgehead atoms. The second-order valence-electron chi connectivity index (χ2n) is 14.8. The van der Waals surface area contributed by atoms with Crippen molar-refractivity contribution in [2.24, 2.45) is 5.92 Å². The second-order valence-corrected chi connectivity index (χ2v) is 14.8. The summed E-state index contributed by atoms with van der Waals surface area (Å²) in [6.45, 7) is 10.2. The quantitative estimate of drug-likeness (QED) is 0.160. The van der Waals surface area contributed by atoms with E-state index in [0.29, 0.717) is 28.9 Å². The van der Waals surface area contributed by atoms with Gasteiger partial charge < -0.3 is 20.1 Å². The SMILES string of the molecule is Cc1ccc(-n2nc(C(C)(C)C)cc2NC(=O)Nc2cccc(CC3CC4CCC(C3)N4C(=O)Nc3c(-c4ccccc4)noc3C)c2)cc1. The van der Waals surface area contributed by atoms with E-state index < -0.39 is 0 Å². The van der Waals surface area contributed by atoms with Crippen LogP contribution in [0.15, 0.2) is 89.5 Å². The highest BCUT2D eigenvalue weighted by Crippen LogP contribution is 2.41. The zero-order valence-electron chi connectivity index (χ0n) is 29.4. The summed E-state index contributed by atoms with van der Waals surface area (Å²) in [5, 5.41) is 18.3. The van der Waals surface area contributed by atoms with Crippen molar-refractivity contribution in [1.82, 2.24) is 19.8 Å². The van der Waals surface area contributed by atoms with Gasteiger partial charge in [-0.15, -0.1) is 0 Å². The van der Waals surface area contributed by atoms with Crippen LogP contribution in [0.1, 0.15) is 69.0 Å². The number of carbonyl (C=O) groups excluding carboxylic acids is 2. The van der Waals surface area contributed by atoms with Gasteiger partial charge in [-0.05, 0) is 81.7 Å². The minimum absolute atomic E-state index is 0.0880. The number of rotatable bonds is 7. The van der Waals surface area contributed by atoms with Crippen molar-refractivity contribution in [3.8, 4) is 16.9 Å². The molecule has 5 aromatic rings. The number of aryl methyl sites for hydroxylation is 2. The van der Waals surface area contributed by atoms with Crippen molar-refractivity contribution in [2.45, 2.75) is 84.2 Å². The number of anilines is 3. The lowest BCUT2D eigenvalue weighted by Crippen LogP contribution is -2.48. The van der Waals surface area contributed by atoms with Gasteiger partial charge in [0.2, 0.25) is 0 Å². The molecule has 2 aromatic heterocycles. The Morgan fingerprint density at radius 2 is 1.58 bits per heavy atom. The van der Waals surface area contributed by atoms with Crippen molar-refractivity contribution in [2.75, 3.05) is 16.0 Å². The number of amides is 4. The molecule has 10 nitrogen and oxygen atoms in total. The summed E-state index contributed by atoms with van der Waals surface area (Å²) in [5.41, 5.74) is 6.82. The van der Waals surface area contributed by atoms with Gasteiger partial charge in [0.25, 0.3) is 0 Å². The number of carbonyl (C=O) groups is 2. The molecule has 0 spiro atoms. The molecule has 10 heteroatoms. The molecule has 0 saturated carbocycles. The van der Waals surface area contributed by atoms with Gasteiger partial charge in [-0.3, -0.25) is 5.32 Å². The predicted molar refractivity (Wildman–Crippen MR) is 197 cm³/mol. The van der Waals surface area contributed by atoms with Crippen LogP contribution in [-0.2, 0) is 11.8 Å². The molecule has 50 heavy (non-hydrogen) atoms. The molecular formula is C40H45N7O3. The number of aromatic nitrogens is 3. The lowest BCUT2D eigenvalue weighted by molar-refractivity contribution is 0.131. The summed E-state index contributed by atoms with van der Waals surface area (Å²) >= 11 is 0. The minimum atomic E-state index is -0.327. The first-order chi connectivity index (χ1) is 24.0. The zero-order chi connectivity index (χ0) is 35.0. The monoisotopic (exact) mass is 671 g/mol. The van der Waals surface area contributed by atoms with Crippen LogP contribution in [0.3, 0.4) is 0 Å². The summed E-state index contributed by atoms with van der Waals surface area (Å²) in [4.78, 5) is 29.0. The first kappa shape index (κ1) is 33.1. The Morgan fingerprint density at radius 3 is 2.28 bits per heavy atom. The lowest BCUT2D eigenvalue weighted by Gasteiger charge is -2.39. The molecule has 2 fully saturated rings. The van der Waals surface area contributed by atoms with Crippen molar-refractivity contribution >= 4 is 29.3 Å². The Balaban J connectivity index is 0.986. The first-order valence-corrected chi connectivity index (χ1v) is 17.5. The van der Waals surface area contributed by atoms with Gasteiger partial charge in [0.05, 0.1) is 11.4 Å². The fraction of sp³-hybridized carbons (Fsp3) is 0.350. The molecule has 2 atom stereocenters. The van der Waals surface area contributed by atoms with Crippen molar-refractivity contribution in [1.29, 1.82) is 0 Å². The molecular weight excluding hydrogens is 626 g/mol. The number of urea groups is 2. The van der Waals surface area contributed by atoms with Crippen LogP contribution in [0.25, 0.3) is 16.9 Å². The maximum atomic E-state index is 13.7. The Hall–Kier alpha value is -5.38. The topological polar surface area (TPSA) is 117 Å². The number of hydrogen-bond acceptors (Lipinski definition) is 5. The third-order valence-electron chi connectivity index (χ3n) is 9.91. The standard InChI is InChI=1S/C40H45N7O3/c1-25-14-16-31(17-15-25)47-35(24-34(44-47)40(3,4)5)42-38(48)41-30-13-9-10-27(21-30)20-28-22-32-18-19-33(23-28)46(32)39(49)43-36-26(2)50-45-37(36)29-11-7-6-8-12-29/h6-17,21,24,28,32-33H,18-20,22-23H2,1-5H3,(H,43,49)(H2,41,42,48). The second kappa shape index (κ2) is 13.5. The zero-order valence-corrected chi connectivity index (χ0v) is 29.4. The smallest absolute Gasteiger partial charge is 0.324 e. The summed E-state index contributed by atoms with van der Waals surface area (Å²) < 4.78 is 7.26. The van der Waals surface area contributed by atoms with E-state index in [0.717, 1.165) is 65.9 Å². The van der Waals surface area contributed by atoms with Crippen LogP contribution in [0.5, 0.6) is 0 Å². The molecule has 4 amide bonds. The molecule has 0 aliphatic carbocycles. The van der Waals surface area contributed by atoms with E-state index >= 15 is 0 Å². The van der Waals surface area contributed by atoms with Gasteiger partial charge in [-0.25, -0.2) is 14.3 Å². The molecule has 3 N–H and O–H groups in total. The van der Waals surface area contributed by atoms with E-state index in [1.807, 2.05) is 91.5 Å². The Bertz CT molecular complexity index is 1980. The fourth-order valence-electron chi connectivity index (χ4n) is 7.38. The average Bonchev–Trinajstić information content (AvgIpc) is 3.75. The van der Waals surface area contributed by atoms with Crippen molar-refractivity contribution < 1.29 is 14.1 Å². The van der Waals surface area contributed by atoms with E-state index in [9.17, 15) is 9.59 Å². The molecule has 4 heterocycles. The van der Waals surface area contributed by atoms with Gasteiger partial charge in [0.1, 0.15) is 17.2 Å². The molecule has 0 radical (unpaired) electrons. The van der Waals surface area contributed by atoms with Crippen LogP contribution in [-0.4, -0.2) is 44.0 Å². The Labute approximate surface area is 293 Å². The molecule has 258 valence electrons. The van der Waals surface area contributed by atoms with E-state index in [1.54, 1.807) is 4.68 Å². The van der Waals surface area contributed by atoms with Gasteiger partial charge in [0, 0.05) is 34.8 Å². The fourth-order valence-corrected chi connectivity index (χ4v) is 7.38.